The van der Waals surface area contributed by atoms with Crippen LogP contribution in [0.5, 0.6) is 0 Å². The van der Waals surface area contributed by atoms with Gasteiger partial charge < -0.3 is 15.7 Å². The Bertz CT molecular complexity index is 420. The van der Waals surface area contributed by atoms with Crippen LogP contribution in [0.2, 0.25) is 0 Å². The number of hydrogen-bond donors (Lipinski definition) is 2. The average molecular weight is 221 g/mol. The number of pyridine rings is 1. The van der Waals surface area contributed by atoms with Gasteiger partial charge in [0.05, 0.1) is 5.56 Å². The molecular formula is C11H15N3O2. The average Bonchev–Trinajstić information content (AvgIpc) is 2.64. The largest absolute Gasteiger partial charge is 0.478 e. The number of nitrogens with two attached hydrogens (primary N) is 1. The minimum absolute atomic E-state index is 0.163. The second-order valence-electron chi connectivity index (χ2n) is 4.16. The molecule has 16 heavy (non-hydrogen) atoms. The van der Waals surface area contributed by atoms with Gasteiger partial charge in [0.1, 0.15) is 5.82 Å². The smallest absolute Gasteiger partial charge is 0.335 e. The highest BCUT2D eigenvalue weighted by Crippen LogP contribution is 2.19. The Kier molecular flexibility index (Phi) is 2.78. The molecule has 1 aliphatic rings. The lowest BCUT2D eigenvalue weighted by atomic mass is 10.2. The van der Waals surface area contributed by atoms with Crippen LogP contribution in [0.4, 0.5) is 5.82 Å². The molecule has 86 valence electrons. The molecule has 1 aliphatic heterocycles. The molecule has 1 saturated heterocycles. The van der Waals surface area contributed by atoms with Gasteiger partial charge in [0, 0.05) is 24.8 Å². The molecule has 1 atom stereocenters. The summed E-state index contributed by atoms with van der Waals surface area (Å²) >= 11 is 0. The first-order valence-corrected chi connectivity index (χ1v) is 5.29. The van der Waals surface area contributed by atoms with Crippen LogP contribution >= 0.6 is 0 Å². The highest BCUT2D eigenvalue weighted by Gasteiger charge is 2.21. The van der Waals surface area contributed by atoms with Crippen molar-refractivity contribution in [3.05, 3.63) is 23.4 Å². The molecule has 0 spiro atoms. The Morgan fingerprint density at radius 1 is 1.62 bits per heavy atom. The molecule has 5 nitrogen and oxygen atoms in total. The Morgan fingerprint density at radius 3 is 2.94 bits per heavy atom. The molecule has 1 fully saturated rings. The summed E-state index contributed by atoms with van der Waals surface area (Å²) in [5, 5.41) is 8.96. The van der Waals surface area contributed by atoms with E-state index in [2.05, 4.69) is 4.98 Å². The molecule has 3 N–H and O–H groups in total. The summed E-state index contributed by atoms with van der Waals surface area (Å²) in [5.74, 6) is -0.208. The van der Waals surface area contributed by atoms with E-state index >= 15 is 0 Å². The molecule has 0 aromatic carbocycles. The van der Waals surface area contributed by atoms with Gasteiger partial charge in [-0.15, -0.1) is 0 Å². The fourth-order valence-electron chi connectivity index (χ4n) is 1.93. The van der Waals surface area contributed by atoms with Crippen molar-refractivity contribution >= 4 is 11.8 Å². The maximum atomic E-state index is 10.9. The van der Waals surface area contributed by atoms with Crippen LogP contribution in [0, 0.1) is 6.92 Å². The molecule has 1 unspecified atom stereocenters. The van der Waals surface area contributed by atoms with E-state index in [9.17, 15) is 4.79 Å². The van der Waals surface area contributed by atoms with Crippen LogP contribution in [-0.2, 0) is 0 Å². The molecule has 1 aromatic rings. The van der Waals surface area contributed by atoms with E-state index in [1.807, 2.05) is 4.90 Å². The Morgan fingerprint density at radius 2 is 2.38 bits per heavy atom. The lowest BCUT2D eigenvalue weighted by Crippen LogP contribution is -2.27. The number of aromatic carboxylic acids is 1. The molecule has 5 heteroatoms. The molecule has 0 saturated carbocycles. The first-order valence-electron chi connectivity index (χ1n) is 5.29. The molecule has 0 amide bonds. The zero-order valence-corrected chi connectivity index (χ0v) is 9.18. The van der Waals surface area contributed by atoms with Crippen molar-refractivity contribution in [1.82, 2.24) is 4.98 Å². The van der Waals surface area contributed by atoms with Gasteiger partial charge in [0.15, 0.2) is 0 Å². The monoisotopic (exact) mass is 221 g/mol. The zero-order valence-electron chi connectivity index (χ0n) is 9.18. The number of hydrogen-bond acceptors (Lipinski definition) is 4. The van der Waals surface area contributed by atoms with E-state index in [4.69, 9.17) is 10.8 Å². The summed E-state index contributed by atoms with van der Waals surface area (Å²) in [7, 11) is 0. The van der Waals surface area contributed by atoms with Gasteiger partial charge in [-0.3, -0.25) is 0 Å². The van der Waals surface area contributed by atoms with Gasteiger partial charge in [0.25, 0.3) is 0 Å². The lowest BCUT2D eigenvalue weighted by molar-refractivity contribution is 0.0696. The van der Waals surface area contributed by atoms with Crippen LogP contribution in [0.3, 0.4) is 0 Å². The normalized spacial score (nSPS) is 20.1. The second-order valence-corrected chi connectivity index (χ2v) is 4.16. The highest BCUT2D eigenvalue weighted by atomic mass is 16.4. The van der Waals surface area contributed by atoms with Crippen molar-refractivity contribution in [2.45, 2.75) is 19.4 Å². The van der Waals surface area contributed by atoms with E-state index in [0.29, 0.717) is 5.82 Å². The van der Waals surface area contributed by atoms with Crippen LogP contribution in [0.15, 0.2) is 12.1 Å². The number of anilines is 1. The van der Waals surface area contributed by atoms with Gasteiger partial charge in [-0.1, -0.05) is 0 Å². The third kappa shape index (κ3) is 2.14. The number of carboxylic acids is 1. The molecule has 2 rings (SSSR count). The van der Waals surface area contributed by atoms with Crippen LogP contribution < -0.4 is 10.6 Å². The number of nitrogens with zero attached hydrogens (tertiary/aromatic N) is 2. The number of carbonyl (C=O) groups is 1. The maximum Gasteiger partial charge on any atom is 0.335 e. The fourth-order valence-corrected chi connectivity index (χ4v) is 1.93. The molecule has 1 aromatic heterocycles. The number of rotatable bonds is 2. The number of aryl methyl sites for hydroxylation is 1. The van der Waals surface area contributed by atoms with Gasteiger partial charge in [-0.05, 0) is 25.5 Å². The zero-order chi connectivity index (χ0) is 11.7. The quantitative estimate of drug-likeness (QED) is 0.765. The molecule has 0 aliphatic carbocycles. The van der Waals surface area contributed by atoms with E-state index in [0.717, 1.165) is 25.2 Å². The minimum Gasteiger partial charge on any atom is -0.478 e. The highest BCUT2D eigenvalue weighted by molar-refractivity contribution is 5.88. The van der Waals surface area contributed by atoms with E-state index in [1.54, 1.807) is 19.1 Å². The second kappa shape index (κ2) is 4.09. The molecule has 0 radical (unpaired) electrons. The van der Waals surface area contributed by atoms with Gasteiger partial charge in [0.2, 0.25) is 0 Å². The lowest BCUT2D eigenvalue weighted by Gasteiger charge is -2.17. The van der Waals surface area contributed by atoms with Crippen molar-refractivity contribution in [2.24, 2.45) is 5.73 Å². The van der Waals surface area contributed by atoms with Crippen molar-refractivity contribution in [3.8, 4) is 0 Å². The first kappa shape index (κ1) is 10.9. The first-order chi connectivity index (χ1) is 7.56. The SMILES string of the molecule is Cc1cc(C(=O)O)cc(N2CCC(N)C2)n1. The Balaban J connectivity index is 2.30. The maximum absolute atomic E-state index is 10.9. The summed E-state index contributed by atoms with van der Waals surface area (Å²) in [4.78, 5) is 17.3. The van der Waals surface area contributed by atoms with Crippen molar-refractivity contribution in [3.63, 3.8) is 0 Å². The molecular weight excluding hydrogens is 206 g/mol. The third-order valence-electron chi connectivity index (χ3n) is 2.74. The van der Waals surface area contributed by atoms with Gasteiger partial charge in [-0.2, -0.15) is 0 Å². The summed E-state index contributed by atoms with van der Waals surface area (Å²) in [6.07, 6.45) is 0.929. The summed E-state index contributed by atoms with van der Waals surface area (Å²) in [5.41, 5.74) is 6.81. The van der Waals surface area contributed by atoms with Crippen LogP contribution in [0.1, 0.15) is 22.5 Å². The van der Waals surface area contributed by atoms with E-state index in [1.165, 1.54) is 0 Å². The Labute approximate surface area is 93.9 Å². The van der Waals surface area contributed by atoms with Crippen molar-refractivity contribution < 1.29 is 9.90 Å². The van der Waals surface area contributed by atoms with Gasteiger partial charge >= 0.3 is 5.97 Å². The van der Waals surface area contributed by atoms with Crippen LogP contribution in [0.25, 0.3) is 0 Å². The Hall–Kier alpha value is -1.62. The molecule has 2 heterocycles. The predicted molar refractivity (Wildman–Crippen MR) is 60.7 cm³/mol. The third-order valence-corrected chi connectivity index (χ3v) is 2.74. The number of carboxylic acid groups (broad SMARTS) is 1. The molecule has 0 bridgehead atoms. The van der Waals surface area contributed by atoms with Gasteiger partial charge in [-0.25, -0.2) is 9.78 Å². The summed E-state index contributed by atoms with van der Waals surface area (Å²) < 4.78 is 0. The number of aromatic nitrogens is 1. The standard InChI is InChI=1S/C11H15N3O2/c1-7-4-8(11(15)16)5-10(13-7)14-3-2-9(12)6-14/h4-5,9H,2-3,6,12H2,1H3,(H,15,16). The van der Waals surface area contributed by atoms with E-state index in [-0.39, 0.29) is 11.6 Å². The van der Waals surface area contributed by atoms with Crippen LogP contribution in [-0.4, -0.2) is 35.2 Å². The summed E-state index contributed by atoms with van der Waals surface area (Å²) in [6, 6.07) is 3.34. The van der Waals surface area contributed by atoms with Crippen molar-refractivity contribution in [1.29, 1.82) is 0 Å². The van der Waals surface area contributed by atoms with E-state index < -0.39 is 5.97 Å². The van der Waals surface area contributed by atoms with Crippen molar-refractivity contribution in [2.75, 3.05) is 18.0 Å². The topological polar surface area (TPSA) is 79.5 Å². The predicted octanol–water partition coefficient (Wildman–Crippen LogP) is 0.626. The summed E-state index contributed by atoms with van der Waals surface area (Å²) in [6.45, 7) is 3.39. The fraction of sp³-hybridized carbons (Fsp3) is 0.455. The minimum atomic E-state index is -0.921.